The lowest BCUT2D eigenvalue weighted by Crippen LogP contribution is -2.34. The maximum Gasteiger partial charge on any atom is 0.0650 e. The predicted octanol–water partition coefficient (Wildman–Crippen LogP) is 1.27. The molecule has 1 heterocycles. The second kappa shape index (κ2) is 2.44. The summed E-state index contributed by atoms with van der Waals surface area (Å²) >= 11 is 0. The van der Waals surface area contributed by atoms with Crippen LogP contribution < -0.4 is 10.6 Å². The van der Waals surface area contributed by atoms with Gasteiger partial charge in [-0.2, -0.15) is 0 Å². The van der Waals surface area contributed by atoms with Crippen LogP contribution in [0.25, 0.3) is 6.08 Å². The quantitative estimate of drug-likeness (QED) is 0.540. The molecule has 0 N–H and O–H groups in total. The molecule has 1 aliphatic rings. The molecule has 0 spiro atoms. The summed E-state index contributed by atoms with van der Waals surface area (Å²) in [6, 6.07) is 8.29. The van der Waals surface area contributed by atoms with E-state index in [9.17, 15) is 0 Å². The predicted molar refractivity (Wildman–Crippen MR) is 50.4 cm³/mol. The van der Waals surface area contributed by atoms with Crippen molar-refractivity contribution in [3.63, 3.8) is 0 Å². The van der Waals surface area contributed by atoms with Gasteiger partial charge in [0.1, 0.15) is 0 Å². The van der Waals surface area contributed by atoms with E-state index in [-0.39, 0.29) is 5.54 Å². The normalized spacial score (nSPS) is 18.8. The third kappa shape index (κ3) is 1.27. The monoisotopic (exact) mass is 159 g/mol. The van der Waals surface area contributed by atoms with E-state index in [1.807, 2.05) is 6.07 Å². The number of benzene rings is 1. The molecule has 0 unspecified atom stereocenters. The maximum atomic E-state index is 4.65. The molecule has 12 heavy (non-hydrogen) atoms. The Morgan fingerprint density at radius 1 is 1.25 bits per heavy atom. The van der Waals surface area contributed by atoms with Gasteiger partial charge in [0.25, 0.3) is 0 Å². The van der Waals surface area contributed by atoms with Gasteiger partial charge in [-0.3, -0.25) is 4.99 Å². The lowest BCUT2D eigenvalue weighted by Gasteiger charge is -2.19. The van der Waals surface area contributed by atoms with E-state index in [0.717, 1.165) is 11.8 Å². The SMILES string of the molecule is CC1(C)CC=c2ccccc2=N1. The molecule has 1 aliphatic heterocycles. The van der Waals surface area contributed by atoms with E-state index < -0.39 is 0 Å². The summed E-state index contributed by atoms with van der Waals surface area (Å²) in [5.74, 6) is 0. The topological polar surface area (TPSA) is 12.4 Å². The molecular formula is C11H13N. The Balaban J connectivity index is 2.72. The minimum atomic E-state index is 0.0916. The first-order chi connectivity index (χ1) is 5.67. The van der Waals surface area contributed by atoms with E-state index in [1.54, 1.807) is 0 Å². The Morgan fingerprint density at radius 2 is 2.00 bits per heavy atom. The van der Waals surface area contributed by atoms with Gasteiger partial charge in [0.15, 0.2) is 0 Å². The van der Waals surface area contributed by atoms with Crippen molar-refractivity contribution in [1.29, 1.82) is 0 Å². The number of hydrogen-bond donors (Lipinski definition) is 0. The van der Waals surface area contributed by atoms with Gasteiger partial charge in [0, 0.05) is 0 Å². The Hall–Kier alpha value is -1.11. The van der Waals surface area contributed by atoms with Crippen molar-refractivity contribution in [3.8, 4) is 0 Å². The first-order valence-electron chi connectivity index (χ1n) is 4.33. The summed E-state index contributed by atoms with van der Waals surface area (Å²) in [7, 11) is 0. The summed E-state index contributed by atoms with van der Waals surface area (Å²) in [6.45, 7) is 4.33. The molecule has 0 saturated heterocycles. The highest BCUT2D eigenvalue weighted by Gasteiger charge is 2.15. The number of para-hydroxylation sites is 1. The molecule has 0 fully saturated rings. The average molecular weight is 159 g/mol. The first kappa shape index (κ1) is 7.53. The highest BCUT2D eigenvalue weighted by molar-refractivity contribution is 5.28. The smallest absolute Gasteiger partial charge is 0.0650 e. The second-order valence-electron chi connectivity index (χ2n) is 3.89. The molecule has 0 atom stereocenters. The molecule has 1 heteroatoms. The zero-order chi connectivity index (χ0) is 8.60. The van der Waals surface area contributed by atoms with Crippen LogP contribution in [-0.4, -0.2) is 5.54 Å². The van der Waals surface area contributed by atoms with Gasteiger partial charge in [0.05, 0.1) is 10.9 Å². The standard InChI is InChI=1S/C11H13N/c1-11(2)8-7-9-5-3-4-6-10(9)12-11/h3-7H,8H2,1-2H3. The molecule has 0 amide bonds. The fraction of sp³-hybridized carbons (Fsp3) is 0.364. The van der Waals surface area contributed by atoms with Crippen molar-refractivity contribution >= 4 is 6.08 Å². The van der Waals surface area contributed by atoms with Gasteiger partial charge in [-0.1, -0.05) is 24.3 Å². The number of rotatable bonds is 0. The van der Waals surface area contributed by atoms with Crippen LogP contribution in [0.15, 0.2) is 29.3 Å². The van der Waals surface area contributed by atoms with Crippen molar-refractivity contribution in [1.82, 2.24) is 0 Å². The van der Waals surface area contributed by atoms with Crippen molar-refractivity contribution in [2.45, 2.75) is 25.8 Å². The lowest BCUT2D eigenvalue weighted by atomic mass is 9.98. The van der Waals surface area contributed by atoms with E-state index in [0.29, 0.717) is 0 Å². The number of nitrogens with zero attached hydrogens (tertiary/aromatic N) is 1. The molecular weight excluding hydrogens is 146 g/mol. The summed E-state index contributed by atoms with van der Waals surface area (Å²) in [6.07, 6.45) is 3.31. The summed E-state index contributed by atoms with van der Waals surface area (Å²) < 4.78 is 0. The fourth-order valence-corrected chi connectivity index (χ4v) is 1.49. The Labute approximate surface area is 72.5 Å². The van der Waals surface area contributed by atoms with Gasteiger partial charge in [-0.05, 0) is 31.6 Å². The summed E-state index contributed by atoms with van der Waals surface area (Å²) in [5, 5.41) is 2.41. The van der Waals surface area contributed by atoms with Gasteiger partial charge < -0.3 is 0 Å². The van der Waals surface area contributed by atoms with Crippen LogP contribution in [0.5, 0.6) is 0 Å². The van der Waals surface area contributed by atoms with Crippen LogP contribution in [0.4, 0.5) is 0 Å². The minimum Gasteiger partial charge on any atom is -0.278 e. The zero-order valence-electron chi connectivity index (χ0n) is 7.54. The molecule has 0 aliphatic carbocycles. The number of fused-ring (bicyclic) bond motifs is 1. The van der Waals surface area contributed by atoms with Crippen molar-refractivity contribution in [3.05, 3.63) is 34.8 Å². The average Bonchev–Trinajstić information content (AvgIpc) is 2.02. The van der Waals surface area contributed by atoms with Crippen LogP contribution in [0, 0.1) is 0 Å². The number of hydrogen-bond acceptors (Lipinski definition) is 1. The molecule has 1 aromatic rings. The Morgan fingerprint density at radius 3 is 2.83 bits per heavy atom. The van der Waals surface area contributed by atoms with Gasteiger partial charge in [-0.15, -0.1) is 0 Å². The molecule has 0 bridgehead atoms. The Bertz CT molecular complexity index is 401. The minimum absolute atomic E-state index is 0.0916. The van der Waals surface area contributed by atoms with E-state index >= 15 is 0 Å². The van der Waals surface area contributed by atoms with Gasteiger partial charge >= 0.3 is 0 Å². The van der Waals surface area contributed by atoms with E-state index in [1.165, 1.54) is 5.22 Å². The molecule has 62 valence electrons. The highest BCUT2D eigenvalue weighted by atomic mass is 14.8. The third-order valence-electron chi connectivity index (χ3n) is 2.18. The summed E-state index contributed by atoms with van der Waals surface area (Å²) in [4.78, 5) is 4.65. The van der Waals surface area contributed by atoms with Crippen molar-refractivity contribution in [2.75, 3.05) is 0 Å². The second-order valence-corrected chi connectivity index (χ2v) is 3.89. The molecule has 0 aromatic heterocycles. The lowest BCUT2D eigenvalue weighted by molar-refractivity contribution is 0.520. The molecule has 0 saturated carbocycles. The van der Waals surface area contributed by atoms with Crippen LogP contribution in [-0.2, 0) is 0 Å². The molecule has 2 rings (SSSR count). The van der Waals surface area contributed by atoms with Crippen molar-refractivity contribution < 1.29 is 0 Å². The summed E-state index contributed by atoms with van der Waals surface area (Å²) in [5.41, 5.74) is 0.0916. The Kier molecular flexibility index (Phi) is 1.53. The van der Waals surface area contributed by atoms with Gasteiger partial charge in [0.2, 0.25) is 0 Å². The van der Waals surface area contributed by atoms with Gasteiger partial charge in [-0.25, -0.2) is 0 Å². The molecule has 1 nitrogen and oxygen atoms in total. The molecule has 1 aromatic carbocycles. The zero-order valence-corrected chi connectivity index (χ0v) is 7.54. The van der Waals surface area contributed by atoms with E-state index in [2.05, 4.69) is 43.1 Å². The maximum absolute atomic E-state index is 4.65. The molecule has 0 radical (unpaired) electrons. The van der Waals surface area contributed by atoms with Crippen LogP contribution in [0.1, 0.15) is 20.3 Å². The third-order valence-corrected chi connectivity index (χ3v) is 2.18. The fourth-order valence-electron chi connectivity index (χ4n) is 1.49. The van der Waals surface area contributed by atoms with Crippen LogP contribution in [0.3, 0.4) is 0 Å². The first-order valence-corrected chi connectivity index (χ1v) is 4.33. The van der Waals surface area contributed by atoms with Crippen LogP contribution >= 0.6 is 0 Å². The van der Waals surface area contributed by atoms with Crippen LogP contribution in [0.2, 0.25) is 0 Å². The van der Waals surface area contributed by atoms with E-state index in [4.69, 9.17) is 0 Å². The largest absolute Gasteiger partial charge is 0.278 e. The van der Waals surface area contributed by atoms with Crippen molar-refractivity contribution in [2.24, 2.45) is 4.99 Å². The highest BCUT2D eigenvalue weighted by Crippen LogP contribution is 2.14.